The number of fused-ring (bicyclic) bond motifs is 1. The van der Waals surface area contributed by atoms with Gasteiger partial charge < -0.3 is 0 Å². The first-order valence-electron chi connectivity index (χ1n) is 10.7. The summed E-state index contributed by atoms with van der Waals surface area (Å²) in [5.41, 5.74) is 5.11. The number of rotatable bonds is 3. The molecule has 1 saturated carbocycles. The van der Waals surface area contributed by atoms with Gasteiger partial charge in [-0.3, -0.25) is 4.79 Å². The standard InChI is InChI=1S/C27H23ClN2O/c28-23-15-7-14-22(18-23)27(31)30-26(20-11-5-2-6-12-20)24-16-8-13-21(25(24)29-30)17-19-9-3-1-4-10-19/h1-7,9-12,14-15,17-18,24,26H,8,13,16H2/b21-17+/t24-,26-/m1/s1. The minimum absolute atomic E-state index is 0.109. The molecule has 0 spiro atoms. The van der Waals surface area contributed by atoms with Gasteiger partial charge in [-0.05, 0) is 60.2 Å². The van der Waals surface area contributed by atoms with Crippen LogP contribution in [-0.2, 0) is 0 Å². The molecule has 0 radical (unpaired) electrons. The number of amides is 1. The van der Waals surface area contributed by atoms with E-state index in [-0.39, 0.29) is 17.9 Å². The zero-order valence-corrected chi connectivity index (χ0v) is 17.9. The van der Waals surface area contributed by atoms with Crippen molar-refractivity contribution in [2.75, 3.05) is 0 Å². The first kappa shape index (κ1) is 19.8. The molecule has 1 amide bonds. The average Bonchev–Trinajstić information content (AvgIpc) is 3.20. The van der Waals surface area contributed by atoms with E-state index in [1.165, 1.54) is 5.57 Å². The summed E-state index contributed by atoms with van der Waals surface area (Å²) in [5.74, 6) is 0.0755. The predicted molar refractivity (Wildman–Crippen MR) is 126 cm³/mol. The van der Waals surface area contributed by atoms with Crippen LogP contribution >= 0.6 is 11.6 Å². The lowest BCUT2D eigenvalue weighted by Gasteiger charge is -2.29. The van der Waals surface area contributed by atoms with Crippen molar-refractivity contribution in [1.29, 1.82) is 0 Å². The van der Waals surface area contributed by atoms with Gasteiger partial charge in [-0.15, -0.1) is 0 Å². The first-order valence-corrected chi connectivity index (χ1v) is 11.1. The van der Waals surface area contributed by atoms with Gasteiger partial charge in [-0.2, -0.15) is 5.10 Å². The normalized spacial score (nSPS) is 21.6. The number of carbonyl (C=O) groups excluding carboxylic acids is 1. The van der Waals surface area contributed by atoms with Crippen LogP contribution in [0.2, 0.25) is 5.02 Å². The summed E-state index contributed by atoms with van der Waals surface area (Å²) in [6.45, 7) is 0. The number of benzene rings is 3. The van der Waals surface area contributed by atoms with Crippen LogP contribution in [0.4, 0.5) is 0 Å². The Bertz CT molecular complexity index is 1150. The van der Waals surface area contributed by atoms with Gasteiger partial charge in [0.05, 0.1) is 11.8 Å². The van der Waals surface area contributed by atoms with Crippen LogP contribution < -0.4 is 0 Å². The number of hydrazone groups is 1. The van der Waals surface area contributed by atoms with Gasteiger partial charge >= 0.3 is 0 Å². The van der Waals surface area contributed by atoms with Gasteiger partial charge in [0.1, 0.15) is 0 Å². The number of carbonyl (C=O) groups is 1. The van der Waals surface area contributed by atoms with E-state index in [4.69, 9.17) is 16.7 Å². The molecule has 0 N–H and O–H groups in total. The van der Waals surface area contributed by atoms with E-state index in [1.807, 2.05) is 42.5 Å². The van der Waals surface area contributed by atoms with Crippen LogP contribution in [0.3, 0.4) is 0 Å². The van der Waals surface area contributed by atoms with Crippen LogP contribution in [0.5, 0.6) is 0 Å². The van der Waals surface area contributed by atoms with Gasteiger partial charge in [0.15, 0.2) is 0 Å². The molecule has 2 atom stereocenters. The van der Waals surface area contributed by atoms with E-state index in [0.29, 0.717) is 10.6 Å². The number of hydrogen-bond acceptors (Lipinski definition) is 2. The highest BCUT2D eigenvalue weighted by molar-refractivity contribution is 6.31. The Labute approximate surface area is 187 Å². The van der Waals surface area contributed by atoms with E-state index in [1.54, 1.807) is 23.2 Å². The van der Waals surface area contributed by atoms with Crippen LogP contribution in [0.15, 0.2) is 95.6 Å². The van der Waals surface area contributed by atoms with Crippen molar-refractivity contribution in [1.82, 2.24) is 5.01 Å². The molecule has 1 aliphatic carbocycles. The third kappa shape index (κ3) is 3.94. The molecule has 2 aliphatic rings. The summed E-state index contributed by atoms with van der Waals surface area (Å²) >= 11 is 6.17. The fraction of sp³-hybridized carbons (Fsp3) is 0.185. The van der Waals surface area contributed by atoms with Crippen LogP contribution in [-0.4, -0.2) is 16.6 Å². The quantitative estimate of drug-likeness (QED) is 0.454. The maximum atomic E-state index is 13.5. The molecule has 1 fully saturated rings. The summed E-state index contributed by atoms with van der Waals surface area (Å²) in [5, 5.41) is 7.18. The Morgan fingerprint density at radius 3 is 2.45 bits per heavy atom. The minimum atomic E-state index is -0.114. The van der Waals surface area contributed by atoms with Crippen molar-refractivity contribution in [2.45, 2.75) is 25.3 Å². The minimum Gasteiger partial charge on any atom is -0.267 e. The maximum Gasteiger partial charge on any atom is 0.274 e. The molecule has 154 valence electrons. The van der Waals surface area contributed by atoms with Crippen LogP contribution in [0.1, 0.15) is 46.8 Å². The fourth-order valence-electron chi connectivity index (χ4n) is 4.66. The number of nitrogens with zero attached hydrogens (tertiary/aromatic N) is 2. The molecule has 0 aromatic heterocycles. The molecule has 31 heavy (non-hydrogen) atoms. The van der Waals surface area contributed by atoms with E-state index in [2.05, 4.69) is 30.3 Å². The second kappa shape index (κ2) is 8.52. The largest absolute Gasteiger partial charge is 0.274 e. The lowest BCUT2D eigenvalue weighted by molar-refractivity contribution is 0.0681. The molecule has 3 nitrogen and oxygen atoms in total. The zero-order valence-electron chi connectivity index (χ0n) is 17.1. The van der Waals surface area contributed by atoms with Crippen LogP contribution in [0, 0.1) is 5.92 Å². The Morgan fingerprint density at radius 1 is 0.968 bits per heavy atom. The summed E-state index contributed by atoms with van der Waals surface area (Å²) in [6.07, 6.45) is 5.31. The lowest BCUT2D eigenvalue weighted by atomic mass is 9.77. The number of halogens is 1. The number of allylic oxidation sites excluding steroid dienone is 1. The average molecular weight is 427 g/mol. The van der Waals surface area contributed by atoms with Gasteiger partial charge in [-0.25, -0.2) is 5.01 Å². The van der Waals surface area contributed by atoms with Crippen molar-refractivity contribution >= 4 is 29.3 Å². The molecule has 3 aromatic carbocycles. The smallest absolute Gasteiger partial charge is 0.267 e. The van der Waals surface area contributed by atoms with Crippen molar-refractivity contribution in [3.63, 3.8) is 0 Å². The Kier molecular flexibility index (Phi) is 5.44. The van der Waals surface area contributed by atoms with Crippen molar-refractivity contribution in [3.8, 4) is 0 Å². The first-order chi connectivity index (χ1) is 15.2. The maximum absolute atomic E-state index is 13.5. The molecule has 0 unspecified atom stereocenters. The highest BCUT2D eigenvalue weighted by Gasteiger charge is 2.43. The van der Waals surface area contributed by atoms with E-state index in [9.17, 15) is 4.79 Å². The Hall–Kier alpha value is -3.17. The van der Waals surface area contributed by atoms with Crippen LogP contribution in [0.25, 0.3) is 6.08 Å². The number of hydrogen-bond donors (Lipinski definition) is 0. The predicted octanol–water partition coefficient (Wildman–Crippen LogP) is 6.78. The van der Waals surface area contributed by atoms with E-state index < -0.39 is 0 Å². The molecule has 1 aliphatic heterocycles. The third-order valence-corrected chi connectivity index (χ3v) is 6.30. The highest BCUT2D eigenvalue weighted by atomic mass is 35.5. The lowest BCUT2D eigenvalue weighted by Crippen LogP contribution is -2.31. The third-order valence-electron chi connectivity index (χ3n) is 6.06. The molecular weight excluding hydrogens is 404 g/mol. The second-order valence-electron chi connectivity index (χ2n) is 8.08. The molecule has 5 rings (SSSR count). The molecule has 0 bridgehead atoms. The van der Waals surface area contributed by atoms with E-state index >= 15 is 0 Å². The second-order valence-corrected chi connectivity index (χ2v) is 8.52. The van der Waals surface area contributed by atoms with Crippen molar-refractivity contribution in [3.05, 3.63) is 112 Å². The molecule has 1 heterocycles. The molecule has 3 aromatic rings. The van der Waals surface area contributed by atoms with Gasteiger partial charge in [-0.1, -0.05) is 78.3 Å². The summed E-state index contributed by atoms with van der Waals surface area (Å²) in [4.78, 5) is 13.5. The summed E-state index contributed by atoms with van der Waals surface area (Å²) < 4.78 is 0. The summed E-state index contributed by atoms with van der Waals surface area (Å²) in [7, 11) is 0. The molecule has 0 saturated heterocycles. The van der Waals surface area contributed by atoms with Gasteiger partial charge in [0, 0.05) is 16.5 Å². The molecular formula is C27H23ClN2O. The van der Waals surface area contributed by atoms with Gasteiger partial charge in [0.25, 0.3) is 5.91 Å². The zero-order chi connectivity index (χ0) is 21.2. The highest BCUT2D eigenvalue weighted by Crippen LogP contribution is 2.44. The Balaban J connectivity index is 1.58. The monoisotopic (exact) mass is 426 g/mol. The SMILES string of the molecule is O=C(c1cccc(Cl)c1)N1N=C2/C(=C/c3ccccc3)CCC[C@H]2[C@H]1c1ccccc1. The Morgan fingerprint density at radius 2 is 1.71 bits per heavy atom. The summed E-state index contributed by atoms with van der Waals surface area (Å²) in [6, 6.07) is 27.6. The fourth-order valence-corrected chi connectivity index (χ4v) is 4.85. The van der Waals surface area contributed by atoms with Crippen molar-refractivity contribution < 1.29 is 4.79 Å². The van der Waals surface area contributed by atoms with Gasteiger partial charge in [0.2, 0.25) is 0 Å². The van der Waals surface area contributed by atoms with Crippen molar-refractivity contribution in [2.24, 2.45) is 11.0 Å². The van der Waals surface area contributed by atoms with E-state index in [0.717, 1.165) is 36.1 Å². The molecule has 4 heteroatoms. The topological polar surface area (TPSA) is 32.7 Å².